The van der Waals surface area contributed by atoms with Crippen molar-refractivity contribution in [2.45, 2.75) is 32.8 Å². The lowest BCUT2D eigenvalue weighted by Gasteiger charge is -2.27. The van der Waals surface area contributed by atoms with Crippen molar-refractivity contribution >= 4 is 18.1 Å². The van der Waals surface area contributed by atoms with Gasteiger partial charge in [-0.15, -0.1) is 6.58 Å². The molecule has 0 bridgehead atoms. The van der Waals surface area contributed by atoms with Crippen LogP contribution in [0.25, 0.3) is 0 Å². The van der Waals surface area contributed by atoms with Crippen molar-refractivity contribution in [1.82, 2.24) is 4.90 Å². The maximum absolute atomic E-state index is 12.0. The number of carbonyl (C=O) groups excluding carboxylic acids is 2. The van der Waals surface area contributed by atoms with Gasteiger partial charge in [0, 0.05) is 25.3 Å². The maximum atomic E-state index is 12.0. The Morgan fingerprint density at radius 3 is 2.78 bits per heavy atom. The second kappa shape index (κ2) is 5.62. The lowest BCUT2D eigenvalue weighted by Crippen LogP contribution is -2.36. The molecule has 0 aromatic rings. The van der Waals surface area contributed by atoms with Crippen molar-refractivity contribution in [1.29, 1.82) is 0 Å². The van der Waals surface area contributed by atoms with Crippen LogP contribution in [-0.2, 0) is 9.53 Å². The molecule has 0 atom stereocenters. The van der Waals surface area contributed by atoms with E-state index in [9.17, 15) is 9.59 Å². The molecule has 0 saturated carbocycles. The summed E-state index contributed by atoms with van der Waals surface area (Å²) in [4.78, 5) is 28.6. The van der Waals surface area contributed by atoms with Gasteiger partial charge in [0.15, 0.2) is 5.78 Å². The molecule has 0 saturated heterocycles. The fourth-order valence-electron chi connectivity index (χ4n) is 1.32. The summed E-state index contributed by atoms with van der Waals surface area (Å²) >= 11 is 0. The van der Waals surface area contributed by atoms with Crippen LogP contribution in [0.3, 0.4) is 0 Å². The smallest absolute Gasteiger partial charge is 0.416 e. The minimum Gasteiger partial charge on any atom is -0.443 e. The number of rotatable bonds is 3. The number of carbonyl (C=O) groups is 2. The topological polar surface area (TPSA) is 59.0 Å². The van der Waals surface area contributed by atoms with E-state index in [-0.39, 0.29) is 18.7 Å². The van der Waals surface area contributed by atoms with Crippen LogP contribution in [0.5, 0.6) is 0 Å². The highest BCUT2D eigenvalue weighted by molar-refractivity contribution is 6.01. The first-order valence-corrected chi connectivity index (χ1v) is 5.72. The molecule has 98 valence electrons. The van der Waals surface area contributed by atoms with Crippen LogP contribution in [0.1, 0.15) is 27.2 Å². The van der Waals surface area contributed by atoms with Crippen molar-refractivity contribution in [3.8, 4) is 0 Å². The molecule has 1 heterocycles. The third-order valence-electron chi connectivity index (χ3n) is 2.01. The molecule has 1 aliphatic heterocycles. The minimum atomic E-state index is -0.598. The van der Waals surface area contributed by atoms with E-state index < -0.39 is 11.7 Å². The molecule has 0 fully saturated rings. The van der Waals surface area contributed by atoms with E-state index >= 15 is 0 Å². The molecule has 0 aromatic heterocycles. The summed E-state index contributed by atoms with van der Waals surface area (Å²) in [6.45, 7) is 9.16. The van der Waals surface area contributed by atoms with Crippen LogP contribution in [0.2, 0.25) is 0 Å². The lowest BCUT2D eigenvalue weighted by atomic mass is 10.2. The average Bonchev–Trinajstić information content (AvgIpc) is 2.23. The summed E-state index contributed by atoms with van der Waals surface area (Å²) in [5, 5.41) is 0. The van der Waals surface area contributed by atoms with Crippen LogP contribution in [0.4, 0.5) is 4.79 Å². The Kier molecular flexibility index (Phi) is 4.42. The number of ketones is 1. The summed E-state index contributed by atoms with van der Waals surface area (Å²) in [6, 6.07) is 0. The number of ether oxygens (including phenoxy) is 1. The van der Waals surface area contributed by atoms with E-state index in [1.807, 2.05) is 0 Å². The zero-order chi connectivity index (χ0) is 13.8. The first kappa shape index (κ1) is 14.2. The molecule has 0 unspecified atom stereocenters. The Bertz CT molecular complexity index is 416. The normalized spacial score (nSPS) is 15.1. The van der Waals surface area contributed by atoms with Gasteiger partial charge in [0.05, 0.1) is 0 Å². The molecule has 18 heavy (non-hydrogen) atoms. The van der Waals surface area contributed by atoms with E-state index in [0.29, 0.717) is 5.82 Å². The Morgan fingerprint density at radius 1 is 1.61 bits per heavy atom. The zero-order valence-electron chi connectivity index (χ0n) is 11.0. The highest BCUT2D eigenvalue weighted by Gasteiger charge is 2.25. The summed E-state index contributed by atoms with van der Waals surface area (Å²) < 4.78 is 5.25. The van der Waals surface area contributed by atoms with Gasteiger partial charge in [-0.2, -0.15) is 0 Å². The standard InChI is InChI=1S/C13H18N2O3/c1-5-8-15(12(17)18-13(2,3)4)11-9-10(16)6-7-14-11/h5,7,9H,1,6,8H2,2-4H3. The molecular weight excluding hydrogens is 232 g/mol. The number of hydrogen-bond donors (Lipinski definition) is 0. The van der Waals surface area contributed by atoms with Crippen molar-refractivity contribution < 1.29 is 14.3 Å². The van der Waals surface area contributed by atoms with Gasteiger partial charge in [-0.3, -0.25) is 9.69 Å². The van der Waals surface area contributed by atoms with E-state index in [4.69, 9.17) is 4.74 Å². The van der Waals surface area contributed by atoms with Gasteiger partial charge in [0.25, 0.3) is 0 Å². The molecule has 1 rings (SSSR count). The molecule has 0 N–H and O–H groups in total. The van der Waals surface area contributed by atoms with Crippen LogP contribution >= 0.6 is 0 Å². The van der Waals surface area contributed by atoms with E-state index in [2.05, 4.69) is 11.6 Å². The summed E-state index contributed by atoms with van der Waals surface area (Å²) in [5.74, 6) is 0.207. The predicted molar refractivity (Wildman–Crippen MR) is 69.3 cm³/mol. The molecular formula is C13H18N2O3. The maximum Gasteiger partial charge on any atom is 0.416 e. The van der Waals surface area contributed by atoms with E-state index in [1.54, 1.807) is 26.8 Å². The fraction of sp³-hybridized carbons (Fsp3) is 0.462. The molecule has 0 radical (unpaired) electrons. The quantitative estimate of drug-likeness (QED) is 0.722. The Hall–Kier alpha value is -1.91. The largest absolute Gasteiger partial charge is 0.443 e. The van der Waals surface area contributed by atoms with Crippen molar-refractivity contribution in [3.63, 3.8) is 0 Å². The molecule has 1 aliphatic rings. The molecule has 0 aromatic carbocycles. The van der Waals surface area contributed by atoms with Crippen LogP contribution in [0.15, 0.2) is 29.5 Å². The van der Waals surface area contributed by atoms with Crippen molar-refractivity contribution in [3.05, 3.63) is 24.6 Å². The van der Waals surface area contributed by atoms with Crippen LogP contribution < -0.4 is 0 Å². The van der Waals surface area contributed by atoms with Crippen molar-refractivity contribution in [2.75, 3.05) is 6.54 Å². The van der Waals surface area contributed by atoms with Crippen molar-refractivity contribution in [2.24, 2.45) is 4.99 Å². The summed E-state index contributed by atoms with van der Waals surface area (Å²) in [7, 11) is 0. The number of amides is 1. The van der Waals surface area contributed by atoms with Crippen LogP contribution in [-0.4, -0.2) is 35.1 Å². The molecule has 1 amide bonds. The van der Waals surface area contributed by atoms with Gasteiger partial charge < -0.3 is 4.74 Å². The molecule has 5 nitrogen and oxygen atoms in total. The second-order valence-electron chi connectivity index (χ2n) is 4.86. The van der Waals surface area contributed by atoms with Gasteiger partial charge in [0.1, 0.15) is 11.4 Å². The number of allylic oxidation sites excluding steroid dienone is 1. The summed E-state index contributed by atoms with van der Waals surface area (Å²) in [6.07, 6.45) is 4.10. The Morgan fingerprint density at radius 2 is 2.28 bits per heavy atom. The first-order chi connectivity index (χ1) is 8.33. The Labute approximate surface area is 107 Å². The first-order valence-electron chi connectivity index (χ1n) is 5.72. The van der Waals surface area contributed by atoms with Crippen LogP contribution in [0, 0.1) is 0 Å². The Balaban J connectivity index is 2.89. The van der Waals surface area contributed by atoms with Gasteiger partial charge in [-0.05, 0) is 20.8 Å². The number of hydrogen-bond acceptors (Lipinski definition) is 4. The highest BCUT2D eigenvalue weighted by Crippen LogP contribution is 2.16. The van der Waals surface area contributed by atoms with Gasteiger partial charge in [0.2, 0.25) is 0 Å². The minimum absolute atomic E-state index is 0.0855. The van der Waals surface area contributed by atoms with E-state index in [0.717, 1.165) is 0 Å². The monoisotopic (exact) mass is 250 g/mol. The third kappa shape index (κ3) is 4.16. The third-order valence-corrected chi connectivity index (χ3v) is 2.01. The average molecular weight is 250 g/mol. The molecule has 0 spiro atoms. The molecule has 0 aliphatic carbocycles. The lowest BCUT2D eigenvalue weighted by molar-refractivity contribution is -0.113. The predicted octanol–water partition coefficient (Wildman–Crippen LogP) is 2.29. The van der Waals surface area contributed by atoms with Gasteiger partial charge in [-0.25, -0.2) is 9.79 Å². The van der Waals surface area contributed by atoms with E-state index in [1.165, 1.54) is 17.2 Å². The zero-order valence-corrected chi connectivity index (χ0v) is 11.0. The summed E-state index contributed by atoms with van der Waals surface area (Å²) in [5.41, 5.74) is -0.598. The highest BCUT2D eigenvalue weighted by atomic mass is 16.6. The second-order valence-corrected chi connectivity index (χ2v) is 4.86. The number of nitrogens with zero attached hydrogens (tertiary/aromatic N) is 2. The SMILES string of the molecule is C=CCN(C(=O)OC(C)(C)C)C1=CC(=O)CC=N1. The number of aliphatic imine (C=N–C) groups is 1. The van der Waals surface area contributed by atoms with Gasteiger partial charge >= 0.3 is 6.09 Å². The molecule has 5 heteroatoms. The fourth-order valence-corrected chi connectivity index (χ4v) is 1.32. The van der Waals surface area contributed by atoms with Gasteiger partial charge in [-0.1, -0.05) is 6.08 Å².